The van der Waals surface area contributed by atoms with Gasteiger partial charge in [0.1, 0.15) is 0 Å². The van der Waals surface area contributed by atoms with Gasteiger partial charge in [0.2, 0.25) is 0 Å². The maximum Gasteiger partial charge on any atom is 0.191 e. The third-order valence-corrected chi connectivity index (χ3v) is 4.96. The van der Waals surface area contributed by atoms with E-state index in [2.05, 4.69) is 45.8 Å². The summed E-state index contributed by atoms with van der Waals surface area (Å²) in [5.41, 5.74) is 0. The standard InChI is InChI=1S/C14H25N5S/c1-3-16-13(17-7-9-19-8-6-15-12-19)18-11-14(2)5-4-10-20-14/h6,8,12H,3-5,7,9-11H2,1-2H3,(H2,16,17,18). The molecular formula is C14H25N5S. The summed E-state index contributed by atoms with van der Waals surface area (Å²) in [5, 5.41) is 6.69. The summed E-state index contributed by atoms with van der Waals surface area (Å²) < 4.78 is 2.39. The fourth-order valence-electron chi connectivity index (χ4n) is 2.27. The topological polar surface area (TPSA) is 54.2 Å². The Labute approximate surface area is 125 Å². The molecule has 1 atom stereocenters. The molecule has 0 saturated carbocycles. The van der Waals surface area contributed by atoms with Gasteiger partial charge in [0.15, 0.2) is 5.96 Å². The monoisotopic (exact) mass is 295 g/mol. The molecule has 1 aromatic rings. The zero-order valence-corrected chi connectivity index (χ0v) is 13.2. The van der Waals surface area contributed by atoms with Crippen LogP contribution in [0.5, 0.6) is 0 Å². The number of thioether (sulfide) groups is 1. The molecule has 0 aliphatic carbocycles. The second kappa shape index (κ2) is 7.57. The van der Waals surface area contributed by atoms with E-state index in [0.717, 1.165) is 32.1 Å². The van der Waals surface area contributed by atoms with Crippen molar-refractivity contribution in [3.63, 3.8) is 0 Å². The van der Waals surface area contributed by atoms with Crippen LogP contribution in [0.1, 0.15) is 26.7 Å². The molecule has 1 aliphatic heterocycles. The molecule has 0 radical (unpaired) electrons. The Balaban J connectivity index is 1.79. The van der Waals surface area contributed by atoms with Crippen molar-refractivity contribution >= 4 is 17.7 Å². The van der Waals surface area contributed by atoms with Gasteiger partial charge in [-0.05, 0) is 32.4 Å². The van der Waals surface area contributed by atoms with Crippen molar-refractivity contribution < 1.29 is 0 Å². The van der Waals surface area contributed by atoms with Gasteiger partial charge in [0.05, 0.1) is 12.9 Å². The van der Waals surface area contributed by atoms with E-state index in [4.69, 9.17) is 4.99 Å². The number of hydrogen-bond acceptors (Lipinski definition) is 3. The quantitative estimate of drug-likeness (QED) is 0.620. The fourth-order valence-corrected chi connectivity index (χ4v) is 3.50. The van der Waals surface area contributed by atoms with Crippen LogP contribution in [0.3, 0.4) is 0 Å². The summed E-state index contributed by atoms with van der Waals surface area (Å²) in [7, 11) is 0. The first kappa shape index (κ1) is 15.2. The van der Waals surface area contributed by atoms with Crippen LogP contribution in [-0.4, -0.2) is 45.6 Å². The van der Waals surface area contributed by atoms with Crippen molar-refractivity contribution in [2.75, 3.05) is 25.4 Å². The Bertz CT molecular complexity index is 409. The molecule has 2 N–H and O–H groups in total. The van der Waals surface area contributed by atoms with E-state index in [1.807, 2.05) is 12.5 Å². The molecular weight excluding hydrogens is 270 g/mol. The van der Waals surface area contributed by atoms with E-state index in [9.17, 15) is 0 Å². The smallest absolute Gasteiger partial charge is 0.191 e. The molecule has 2 heterocycles. The lowest BCUT2D eigenvalue weighted by molar-refractivity contribution is 0.611. The molecule has 2 rings (SSSR count). The van der Waals surface area contributed by atoms with Crippen molar-refractivity contribution in [1.29, 1.82) is 0 Å². The molecule has 1 unspecified atom stereocenters. The number of aromatic nitrogens is 2. The van der Waals surface area contributed by atoms with E-state index in [-0.39, 0.29) is 0 Å². The van der Waals surface area contributed by atoms with Gasteiger partial charge in [0, 0.05) is 36.8 Å². The lowest BCUT2D eigenvalue weighted by Gasteiger charge is -2.21. The zero-order chi connectivity index (χ0) is 14.3. The number of guanidine groups is 1. The van der Waals surface area contributed by atoms with Crippen molar-refractivity contribution in [2.45, 2.75) is 38.0 Å². The first-order chi connectivity index (χ1) is 9.72. The Morgan fingerprint density at radius 3 is 3.05 bits per heavy atom. The first-order valence-electron chi connectivity index (χ1n) is 7.34. The van der Waals surface area contributed by atoms with Crippen molar-refractivity contribution in [3.8, 4) is 0 Å². The third kappa shape index (κ3) is 4.74. The highest BCUT2D eigenvalue weighted by Crippen LogP contribution is 2.37. The van der Waals surface area contributed by atoms with Crippen LogP contribution in [0.25, 0.3) is 0 Å². The minimum Gasteiger partial charge on any atom is -0.357 e. The van der Waals surface area contributed by atoms with Crippen LogP contribution in [0.2, 0.25) is 0 Å². The molecule has 0 amide bonds. The lowest BCUT2D eigenvalue weighted by Crippen LogP contribution is -2.39. The summed E-state index contributed by atoms with van der Waals surface area (Å²) >= 11 is 2.05. The number of aliphatic imine (C=N–C) groups is 1. The van der Waals surface area contributed by atoms with Gasteiger partial charge in [-0.1, -0.05) is 0 Å². The predicted octanol–water partition coefficient (Wildman–Crippen LogP) is 1.72. The molecule has 1 aliphatic rings. The van der Waals surface area contributed by atoms with Gasteiger partial charge >= 0.3 is 0 Å². The number of imidazole rings is 1. The summed E-state index contributed by atoms with van der Waals surface area (Å²) in [6, 6.07) is 0. The predicted molar refractivity (Wildman–Crippen MR) is 86.3 cm³/mol. The van der Waals surface area contributed by atoms with Crippen LogP contribution >= 0.6 is 11.8 Å². The number of hydrogen-bond donors (Lipinski definition) is 2. The van der Waals surface area contributed by atoms with Crippen LogP contribution in [0.4, 0.5) is 0 Å². The highest BCUT2D eigenvalue weighted by molar-refractivity contribution is 8.00. The van der Waals surface area contributed by atoms with Crippen LogP contribution in [0.15, 0.2) is 23.7 Å². The maximum absolute atomic E-state index is 4.73. The van der Waals surface area contributed by atoms with E-state index in [1.165, 1.54) is 18.6 Å². The van der Waals surface area contributed by atoms with Crippen LogP contribution in [0, 0.1) is 0 Å². The van der Waals surface area contributed by atoms with Gasteiger partial charge < -0.3 is 15.2 Å². The lowest BCUT2D eigenvalue weighted by atomic mass is 10.1. The molecule has 6 heteroatoms. The van der Waals surface area contributed by atoms with Gasteiger partial charge in [-0.25, -0.2) is 4.98 Å². The van der Waals surface area contributed by atoms with Gasteiger partial charge in [-0.2, -0.15) is 11.8 Å². The Hall–Kier alpha value is -1.17. The summed E-state index contributed by atoms with van der Waals surface area (Å²) in [5.74, 6) is 2.19. The summed E-state index contributed by atoms with van der Waals surface area (Å²) in [6.45, 7) is 7.95. The third-order valence-electron chi connectivity index (χ3n) is 3.44. The molecule has 1 fully saturated rings. The summed E-state index contributed by atoms with van der Waals surface area (Å²) in [4.78, 5) is 8.78. The normalized spacial score (nSPS) is 23.0. The molecule has 0 bridgehead atoms. The second-order valence-corrected chi connectivity index (χ2v) is 7.01. The van der Waals surface area contributed by atoms with Crippen LogP contribution < -0.4 is 10.6 Å². The fraction of sp³-hybridized carbons (Fsp3) is 0.714. The molecule has 0 aromatic carbocycles. The molecule has 20 heavy (non-hydrogen) atoms. The highest BCUT2D eigenvalue weighted by atomic mass is 32.2. The van der Waals surface area contributed by atoms with Crippen LogP contribution in [-0.2, 0) is 6.54 Å². The van der Waals surface area contributed by atoms with E-state index in [0.29, 0.717) is 4.75 Å². The Morgan fingerprint density at radius 1 is 1.50 bits per heavy atom. The zero-order valence-electron chi connectivity index (χ0n) is 12.4. The average molecular weight is 295 g/mol. The largest absolute Gasteiger partial charge is 0.357 e. The van der Waals surface area contributed by atoms with Crippen molar-refractivity contribution in [1.82, 2.24) is 20.2 Å². The number of rotatable bonds is 6. The average Bonchev–Trinajstić information content (AvgIpc) is 3.08. The SMILES string of the molecule is CCNC(=NCC1(C)CCCS1)NCCn1ccnc1. The van der Waals surface area contributed by atoms with Crippen molar-refractivity contribution in [2.24, 2.45) is 4.99 Å². The maximum atomic E-state index is 4.73. The van der Waals surface area contributed by atoms with Gasteiger partial charge in [-0.3, -0.25) is 4.99 Å². The van der Waals surface area contributed by atoms with E-state index in [1.54, 1.807) is 6.20 Å². The molecule has 5 nitrogen and oxygen atoms in total. The number of nitrogens with zero attached hydrogens (tertiary/aromatic N) is 3. The Kier molecular flexibility index (Phi) is 5.76. The highest BCUT2D eigenvalue weighted by Gasteiger charge is 2.29. The molecule has 0 spiro atoms. The first-order valence-corrected chi connectivity index (χ1v) is 8.32. The molecule has 1 aromatic heterocycles. The van der Waals surface area contributed by atoms with Crippen molar-refractivity contribution in [3.05, 3.63) is 18.7 Å². The van der Waals surface area contributed by atoms with E-state index >= 15 is 0 Å². The molecule has 112 valence electrons. The summed E-state index contributed by atoms with van der Waals surface area (Å²) in [6.07, 6.45) is 8.21. The Morgan fingerprint density at radius 2 is 2.40 bits per heavy atom. The van der Waals surface area contributed by atoms with E-state index < -0.39 is 0 Å². The minimum absolute atomic E-state index is 0.326. The number of nitrogens with one attached hydrogen (secondary N) is 2. The molecule has 1 saturated heterocycles. The van der Waals surface area contributed by atoms with Gasteiger partial charge in [-0.15, -0.1) is 0 Å². The minimum atomic E-state index is 0.326. The second-order valence-electron chi connectivity index (χ2n) is 5.32. The van der Waals surface area contributed by atoms with Gasteiger partial charge in [0.25, 0.3) is 0 Å².